The number of hydrogen-bond acceptors (Lipinski definition) is 6. The number of nitrogens with one attached hydrogen (secondary N) is 2. The zero-order chi connectivity index (χ0) is 24.5. The fourth-order valence-corrected chi connectivity index (χ4v) is 4.30. The minimum Gasteiger partial charge on any atom is -0.379 e. The number of nitrogens with zero attached hydrogens (tertiary/aromatic N) is 3. The molecule has 4 rings (SSSR count). The van der Waals surface area contributed by atoms with Crippen molar-refractivity contribution in [3.63, 3.8) is 0 Å². The van der Waals surface area contributed by atoms with Crippen LogP contribution in [0, 0.1) is 10.1 Å². The Kier molecular flexibility index (Phi) is 8.30. The van der Waals surface area contributed by atoms with Crippen molar-refractivity contribution in [1.82, 2.24) is 10.2 Å². The van der Waals surface area contributed by atoms with Crippen LogP contribution in [0.1, 0.15) is 17.5 Å². The lowest BCUT2D eigenvalue weighted by Gasteiger charge is -2.36. The summed E-state index contributed by atoms with van der Waals surface area (Å²) in [6, 6.07) is 25.2. The second kappa shape index (κ2) is 12.0. The first-order valence-corrected chi connectivity index (χ1v) is 11.9. The topological polar surface area (TPSA) is 90.7 Å². The molecule has 1 saturated heterocycles. The third kappa shape index (κ3) is 6.80. The van der Waals surface area contributed by atoms with Crippen molar-refractivity contribution >= 4 is 23.0 Å². The molecule has 0 aromatic heterocycles. The van der Waals surface area contributed by atoms with Gasteiger partial charge in [0.25, 0.3) is 5.69 Å². The fraction of sp³-hybridized carbons (Fsp3) is 0.296. The first-order chi connectivity index (χ1) is 17.1. The van der Waals surface area contributed by atoms with Gasteiger partial charge in [-0.05, 0) is 29.3 Å². The minimum atomic E-state index is -0.430. The van der Waals surface area contributed by atoms with Crippen LogP contribution in [0.2, 0.25) is 0 Å². The van der Waals surface area contributed by atoms with Gasteiger partial charge in [-0.15, -0.1) is 0 Å². The highest BCUT2D eigenvalue weighted by atomic mass is 16.6. The predicted octanol–water partition coefficient (Wildman–Crippen LogP) is 4.04. The highest BCUT2D eigenvalue weighted by Gasteiger charge is 2.18. The van der Waals surface area contributed by atoms with E-state index in [9.17, 15) is 14.9 Å². The summed E-state index contributed by atoms with van der Waals surface area (Å²) in [5, 5.41) is 17.1. The third-order valence-corrected chi connectivity index (χ3v) is 6.25. The van der Waals surface area contributed by atoms with Crippen LogP contribution in [-0.2, 0) is 17.9 Å². The molecule has 1 aliphatic rings. The molecule has 3 aromatic carbocycles. The van der Waals surface area contributed by atoms with Crippen molar-refractivity contribution in [3.05, 3.63) is 100 Å². The molecule has 0 saturated carbocycles. The molecule has 182 valence electrons. The first kappa shape index (κ1) is 24.2. The molecule has 1 aliphatic heterocycles. The van der Waals surface area contributed by atoms with Gasteiger partial charge in [0.2, 0.25) is 5.91 Å². The summed E-state index contributed by atoms with van der Waals surface area (Å²) < 4.78 is 0. The monoisotopic (exact) mass is 473 g/mol. The average molecular weight is 474 g/mol. The molecule has 1 heterocycles. The number of benzene rings is 3. The van der Waals surface area contributed by atoms with E-state index in [1.54, 1.807) is 18.2 Å². The van der Waals surface area contributed by atoms with Crippen molar-refractivity contribution in [2.24, 2.45) is 0 Å². The van der Waals surface area contributed by atoms with E-state index >= 15 is 0 Å². The van der Waals surface area contributed by atoms with Gasteiger partial charge in [0, 0.05) is 64.0 Å². The molecule has 8 nitrogen and oxygen atoms in total. The van der Waals surface area contributed by atoms with Gasteiger partial charge in [-0.1, -0.05) is 54.6 Å². The Balaban J connectivity index is 1.24. The lowest BCUT2D eigenvalue weighted by atomic mass is 10.1. The number of hydrogen-bond donors (Lipinski definition) is 2. The molecule has 1 fully saturated rings. The molecular formula is C27H31N5O3. The molecule has 1 amide bonds. The van der Waals surface area contributed by atoms with Crippen molar-refractivity contribution in [2.45, 2.75) is 19.5 Å². The van der Waals surface area contributed by atoms with E-state index in [4.69, 9.17) is 0 Å². The zero-order valence-electron chi connectivity index (χ0n) is 19.7. The lowest BCUT2D eigenvalue weighted by molar-refractivity contribution is -0.384. The molecule has 2 N–H and O–H groups in total. The summed E-state index contributed by atoms with van der Waals surface area (Å²) in [6.07, 6.45) is 0.232. The number of carbonyl (C=O) groups excluding carboxylic acids is 1. The van der Waals surface area contributed by atoms with E-state index in [-0.39, 0.29) is 18.0 Å². The van der Waals surface area contributed by atoms with Crippen molar-refractivity contribution in [1.29, 1.82) is 0 Å². The van der Waals surface area contributed by atoms with Gasteiger partial charge in [-0.2, -0.15) is 0 Å². The van der Waals surface area contributed by atoms with Gasteiger partial charge in [0.1, 0.15) is 5.69 Å². The molecule has 3 aromatic rings. The number of carbonyl (C=O) groups is 1. The Morgan fingerprint density at radius 2 is 1.51 bits per heavy atom. The van der Waals surface area contributed by atoms with Crippen LogP contribution in [0.15, 0.2) is 78.9 Å². The maximum absolute atomic E-state index is 12.4. The number of para-hydroxylation sites is 3. The standard InChI is InChI=1S/C27H31N5O3/c33-27(14-15-28-25-12-6-7-13-26(25)32(34)35)29-20-22-8-4-5-9-23(22)21-30-16-18-31(19-17-30)24-10-2-1-3-11-24/h1-13,28H,14-21H2,(H,29,33). The van der Waals surface area contributed by atoms with E-state index in [2.05, 4.69) is 56.8 Å². The largest absolute Gasteiger partial charge is 0.379 e. The molecule has 0 radical (unpaired) electrons. The maximum Gasteiger partial charge on any atom is 0.292 e. The van der Waals surface area contributed by atoms with Gasteiger partial charge in [0.15, 0.2) is 0 Å². The zero-order valence-corrected chi connectivity index (χ0v) is 19.7. The van der Waals surface area contributed by atoms with E-state index < -0.39 is 4.92 Å². The van der Waals surface area contributed by atoms with E-state index in [0.717, 1.165) is 38.3 Å². The second-order valence-corrected chi connectivity index (χ2v) is 8.60. The summed E-state index contributed by atoms with van der Waals surface area (Å²) in [5.74, 6) is -0.0950. The van der Waals surface area contributed by atoms with Gasteiger partial charge in [0.05, 0.1) is 4.92 Å². The number of anilines is 2. The van der Waals surface area contributed by atoms with Crippen LogP contribution in [0.3, 0.4) is 0 Å². The predicted molar refractivity (Wildman–Crippen MR) is 138 cm³/mol. The van der Waals surface area contributed by atoms with Crippen molar-refractivity contribution in [2.75, 3.05) is 42.9 Å². The van der Waals surface area contributed by atoms with Gasteiger partial charge in [-0.25, -0.2) is 0 Å². The lowest BCUT2D eigenvalue weighted by Crippen LogP contribution is -2.46. The molecule has 0 spiro atoms. The number of nitro benzene ring substituents is 1. The summed E-state index contributed by atoms with van der Waals surface area (Å²) in [6.45, 7) is 5.62. The second-order valence-electron chi connectivity index (χ2n) is 8.60. The average Bonchev–Trinajstić information content (AvgIpc) is 2.89. The van der Waals surface area contributed by atoms with E-state index in [0.29, 0.717) is 18.8 Å². The summed E-state index contributed by atoms with van der Waals surface area (Å²) in [5.41, 5.74) is 4.03. The number of piperazine rings is 1. The molecule has 8 heteroatoms. The van der Waals surface area contributed by atoms with Crippen LogP contribution in [0.25, 0.3) is 0 Å². The maximum atomic E-state index is 12.4. The first-order valence-electron chi connectivity index (χ1n) is 11.9. The van der Waals surface area contributed by atoms with Crippen LogP contribution < -0.4 is 15.5 Å². The van der Waals surface area contributed by atoms with E-state index in [1.165, 1.54) is 17.3 Å². The van der Waals surface area contributed by atoms with Crippen LogP contribution in [0.5, 0.6) is 0 Å². The fourth-order valence-electron chi connectivity index (χ4n) is 4.30. The van der Waals surface area contributed by atoms with Gasteiger partial charge in [-0.3, -0.25) is 19.8 Å². The van der Waals surface area contributed by atoms with E-state index in [1.807, 2.05) is 18.2 Å². The van der Waals surface area contributed by atoms with Crippen LogP contribution >= 0.6 is 0 Å². The summed E-state index contributed by atoms with van der Waals surface area (Å²) in [7, 11) is 0. The SMILES string of the molecule is O=C(CCNc1ccccc1[N+](=O)[O-])NCc1ccccc1CN1CCN(c2ccccc2)CC1. The number of rotatable bonds is 10. The van der Waals surface area contributed by atoms with Crippen molar-refractivity contribution < 1.29 is 9.72 Å². The highest BCUT2D eigenvalue weighted by Crippen LogP contribution is 2.23. The number of amides is 1. The Morgan fingerprint density at radius 1 is 0.857 bits per heavy atom. The highest BCUT2D eigenvalue weighted by molar-refractivity contribution is 5.76. The Morgan fingerprint density at radius 3 is 2.26 bits per heavy atom. The third-order valence-electron chi connectivity index (χ3n) is 6.25. The quantitative estimate of drug-likeness (QED) is 0.341. The molecule has 0 bridgehead atoms. The summed E-state index contributed by atoms with van der Waals surface area (Å²) >= 11 is 0. The molecule has 0 aliphatic carbocycles. The van der Waals surface area contributed by atoms with Gasteiger partial charge >= 0.3 is 0 Å². The Hall–Kier alpha value is -3.91. The normalized spacial score (nSPS) is 13.9. The molecular weight excluding hydrogens is 442 g/mol. The number of nitro groups is 1. The molecule has 0 unspecified atom stereocenters. The van der Waals surface area contributed by atoms with Crippen molar-refractivity contribution in [3.8, 4) is 0 Å². The minimum absolute atomic E-state index is 0.00596. The Bertz CT molecular complexity index is 1130. The van der Waals surface area contributed by atoms with Crippen LogP contribution in [-0.4, -0.2) is 48.5 Å². The summed E-state index contributed by atoms with van der Waals surface area (Å²) in [4.78, 5) is 28.0. The van der Waals surface area contributed by atoms with Gasteiger partial charge < -0.3 is 15.5 Å². The van der Waals surface area contributed by atoms with Crippen LogP contribution in [0.4, 0.5) is 17.1 Å². The molecule has 35 heavy (non-hydrogen) atoms. The Labute approximate surface area is 205 Å². The molecule has 0 atom stereocenters. The smallest absolute Gasteiger partial charge is 0.292 e.